The maximum Gasteiger partial charge on any atom is 0.316 e. The number of para-hydroxylation sites is 1. The molecule has 1 atom stereocenters. The van der Waals surface area contributed by atoms with Crippen molar-refractivity contribution in [2.75, 3.05) is 0 Å². The number of carbonyl (C=O) groups is 1. The van der Waals surface area contributed by atoms with E-state index in [9.17, 15) is 14.7 Å². The van der Waals surface area contributed by atoms with Crippen molar-refractivity contribution in [1.29, 1.82) is 0 Å². The van der Waals surface area contributed by atoms with Crippen molar-refractivity contribution in [2.24, 2.45) is 0 Å². The standard InChI is InChI=1S/C17H12Cl2N2O3S/c1-9(16(23)24)25-17-20-13-5-3-2-4-11(13)15(22)21(17)14-7-6-10(18)8-12(14)19/h2-9H,1H3,(H,23,24)/t9-/m0/s1. The summed E-state index contributed by atoms with van der Waals surface area (Å²) in [6.45, 7) is 1.53. The van der Waals surface area contributed by atoms with Crippen molar-refractivity contribution < 1.29 is 9.90 Å². The smallest absolute Gasteiger partial charge is 0.316 e. The number of aromatic nitrogens is 2. The van der Waals surface area contributed by atoms with Gasteiger partial charge in [-0.25, -0.2) is 4.98 Å². The van der Waals surface area contributed by atoms with Crippen LogP contribution in [0.25, 0.3) is 16.6 Å². The van der Waals surface area contributed by atoms with E-state index >= 15 is 0 Å². The highest BCUT2D eigenvalue weighted by molar-refractivity contribution is 8.00. The Labute approximate surface area is 157 Å². The van der Waals surface area contributed by atoms with E-state index in [-0.39, 0.29) is 15.7 Å². The summed E-state index contributed by atoms with van der Waals surface area (Å²) in [5.74, 6) is -0.999. The first kappa shape index (κ1) is 17.8. The van der Waals surface area contributed by atoms with Gasteiger partial charge in [-0.05, 0) is 37.3 Å². The van der Waals surface area contributed by atoms with Crippen LogP contribution in [-0.2, 0) is 4.79 Å². The zero-order valence-corrected chi connectivity index (χ0v) is 15.3. The van der Waals surface area contributed by atoms with Gasteiger partial charge in [0.15, 0.2) is 5.16 Å². The third-order valence-corrected chi connectivity index (χ3v) is 5.10. The molecule has 0 aliphatic rings. The molecule has 0 radical (unpaired) electrons. The van der Waals surface area contributed by atoms with Crippen LogP contribution in [0.1, 0.15) is 6.92 Å². The molecular formula is C17H12Cl2N2O3S. The number of nitrogens with zero attached hydrogens (tertiary/aromatic N) is 2. The van der Waals surface area contributed by atoms with E-state index in [2.05, 4.69) is 4.98 Å². The van der Waals surface area contributed by atoms with Crippen molar-refractivity contribution in [2.45, 2.75) is 17.3 Å². The molecule has 0 bridgehead atoms. The van der Waals surface area contributed by atoms with Crippen LogP contribution in [0.2, 0.25) is 10.0 Å². The largest absolute Gasteiger partial charge is 0.480 e. The number of rotatable bonds is 4. The first-order valence-electron chi connectivity index (χ1n) is 7.25. The van der Waals surface area contributed by atoms with Crippen LogP contribution in [0, 0.1) is 0 Å². The van der Waals surface area contributed by atoms with Crippen molar-refractivity contribution >= 4 is 51.8 Å². The molecule has 3 rings (SSSR count). The number of thioether (sulfide) groups is 1. The Kier molecular flexibility index (Phi) is 5.03. The van der Waals surface area contributed by atoms with E-state index in [1.807, 2.05) is 0 Å². The molecule has 0 aliphatic carbocycles. The van der Waals surface area contributed by atoms with Crippen molar-refractivity contribution in [1.82, 2.24) is 9.55 Å². The third-order valence-electron chi connectivity index (χ3n) is 3.53. The van der Waals surface area contributed by atoms with Crippen molar-refractivity contribution in [3.8, 4) is 5.69 Å². The second kappa shape index (κ2) is 7.07. The first-order chi connectivity index (χ1) is 11.9. The van der Waals surface area contributed by atoms with E-state index < -0.39 is 11.2 Å². The van der Waals surface area contributed by atoms with Gasteiger partial charge in [0.25, 0.3) is 5.56 Å². The zero-order valence-electron chi connectivity index (χ0n) is 12.9. The minimum atomic E-state index is -0.999. The van der Waals surface area contributed by atoms with E-state index in [1.165, 1.54) is 17.6 Å². The minimum absolute atomic E-state index is 0.253. The van der Waals surface area contributed by atoms with Gasteiger partial charge in [0.05, 0.1) is 21.6 Å². The van der Waals surface area contributed by atoms with Gasteiger partial charge >= 0.3 is 5.97 Å². The van der Waals surface area contributed by atoms with Gasteiger partial charge in [-0.15, -0.1) is 0 Å². The second-order valence-corrected chi connectivity index (χ2v) is 7.40. The molecule has 0 unspecified atom stereocenters. The molecular weight excluding hydrogens is 383 g/mol. The lowest BCUT2D eigenvalue weighted by Gasteiger charge is -2.15. The Balaban J connectivity index is 2.32. The van der Waals surface area contributed by atoms with Gasteiger partial charge in [-0.3, -0.25) is 14.2 Å². The maximum atomic E-state index is 13.0. The summed E-state index contributed by atoms with van der Waals surface area (Å²) in [7, 11) is 0. The van der Waals surface area contributed by atoms with Gasteiger partial charge in [-0.1, -0.05) is 47.1 Å². The van der Waals surface area contributed by atoms with E-state index in [1.54, 1.807) is 36.4 Å². The van der Waals surface area contributed by atoms with Gasteiger partial charge in [0.2, 0.25) is 0 Å². The molecule has 5 nitrogen and oxygen atoms in total. The van der Waals surface area contributed by atoms with Gasteiger partial charge in [0.1, 0.15) is 5.25 Å². The minimum Gasteiger partial charge on any atom is -0.480 e. The summed E-state index contributed by atoms with van der Waals surface area (Å²) in [6, 6.07) is 11.6. The summed E-state index contributed by atoms with van der Waals surface area (Å²) >= 11 is 13.2. The normalized spacial score (nSPS) is 12.3. The molecule has 1 N–H and O–H groups in total. The molecule has 8 heteroatoms. The lowest BCUT2D eigenvalue weighted by molar-refractivity contribution is -0.136. The number of hydrogen-bond acceptors (Lipinski definition) is 4. The lowest BCUT2D eigenvalue weighted by atomic mass is 10.2. The van der Waals surface area contributed by atoms with Crippen LogP contribution in [-0.4, -0.2) is 25.9 Å². The fourth-order valence-corrected chi connectivity index (χ4v) is 3.62. The van der Waals surface area contributed by atoms with Crippen LogP contribution in [0.4, 0.5) is 0 Å². The number of carboxylic acid groups (broad SMARTS) is 1. The highest BCUT2D eigenvalue weighted by Crippen LogP contribution is 2.29. The molecule has 0 fully saturated rings. The monoisotopic (exact) mass is 394 g/mol. The fourth-order valence-electron chi connectivity index (χ4n) is 2.27. The Hall–Kier alpha value is -2.02. The number of hydrogen-bond donors (Lipinski definition) is 1. The maximum absolute atomic E-state index is 13.0. The number of aliphatic carboxylic acids is 1. The van der Waals surface area contributed by atoms with E-state index in [0.717, 1.165) is 11.8 Å². The van der Waals surface area contributed by atoms with Gasteiger partial charge in [-0.2, -0.15) is 0 Å². The average Bonchev–Trinajstić information content (AvgIpc) is 2.56. The second-order valence-electron chi connectivity index (χ2n) is 5.25. The lowest BCUT2D eigenvalue weighted by Crippen LogP contribution is -2.23. The molecule has 128 valence electrons. The Bertz CT molecular complexity index is 1040. The molecule has 1 aromatic heterocycles. The topological polar surface area (TPSA) is 72.2 Å². The Morgan fingerprint density at radius 3 is 2.64 bits per heavy atom. The molecule has 1 heterocycles. The van der Waals surface area contributed by atoms with E-state index in [4.69, 9.17) is 23.2 Å². The Morgan fingerprint density at radius 1 is 1.24 bits per heavy atom. The van der Waals surface area contributed by atoms with Gasteiger partial charge in [0, 0.05) is 5.02 Å². The summed E-state index contributed by atoms with van der Waals surface area (Å²) < 4.78 is 1.32. The van der Waals surface area contributed by atoms with Crippen LogP contribution >= 0.6 is 35.0 Å². The summed E-state index contributed by atoms with van der Waals surface area (Å²) in [4.78, 5) is 28.7. The van der Waals surface area contributed by atoms with Crippen LogP contribution in [0.3, 0.4) is 0 Å². The molecule has 3 aromatic rings. The van der Waals surface area contributed by atoms with Crippen molar-refractivity contribution in [3.63, 3.8) is 0 Å². The van der Waals surface area contributed by atoms with Crippen molar-refractivity contribution in [3.05, 3.63) is 62.9 Å². The molecule has 0 saturated carbocycles. The number of fused-ring (bicyclic) bond motifs is 1. The predicted octanol–water partition coefficient (Wildman–Crippen LogP) is 4.26. The highest BCUT2D eigenvalue weighted by atomic mass is 35.5. The molecule has 0 spiro atoms. The fraction of sp³-hybridized carbons (Fsp3) is 0.118. The number of carboxylic acids is 1. The van der Waals surface area contributed by atoms with Crippen LogP contribution in [0.15, 0.2) is 52.4 Å². The highest BCUT2D eigenvalue weighted by Gasteiger charge is 2.20. The first-order valence-corrected chi connectivity index (χ1v) is 8.88. The Morgan fingerprint density at radius 2 is 1.96 bits per heavy atom. The molecule has 0 saturated heterocycles. The molecule has 0 aliphatic heterocycles. The predicted molar refractivity (Wildman–Crippen MR) is 100 cm³/mol. The van der Waals surface area contributed by atoms with E-state index in [0.29, 0.717) is 21.6 Å². The molecule has 25 heavy (non-hydrogen) atoms. The third kappa shape index (κ3) is 3.51. The SMILES string of the molecule is C[C@H](Sc1nc2ccccc2c(=O)n1-c1ccc(Cl)cc1Cl)C(=O)O. The number of halogens is 2. The summed E-state index contributed by atoms with van der Waals surface area (Å²) in [5.41, 5.74) is 0.568. The van der Waals surface area contributed by atoms with Crippen LogP contribution < -0.4 is 5.56 Å². The zero-order chi connectivity index (χ0) is 18.1. The molecule has 0 amide bonds. The van der Waals surface area contributed by atoms with Gasteiger partial charge < -0.3 is 5.11 Å². The average molecular weight is 395 g/mol. The summed E-state index contributed by atoms with van der Waals surface area (Å²) in [6.07, 6.45) is 0. The number of benzene rings is 2. The van der Waals surface area contributed by atoms with Crippen LogP contribution in [0.5, 0.6) is 0 Å². The quantitative estimate of drug-likeness (QED) is 0.528. The molecule has 2 aromatic carbocycles. The summed E-state index contributed by atoms with van der Waals surface area (Å²) in [5, 5.41) is 9.79.